The molecular weight excluding hydrogens is 127 g/mol. The molecule has 1 rings (SSSR count). The molecule has 0 aromatic rings. The van der Waals surface area contributed by atoms with Crippen molar-refractivity contribution >= 4 is 9.24 Å². The van der Waals surface area contributed by atoms with Gasteiger partial charge in [-0.05, 0) is 24.2 Å². The highest BCUT2D eigenvalue weighted by Crippen LogP contribution is 2.19. The largest absolute Gasteiger partial charge is 0.106 e. The van der Waals surface area contributed by atoms with E-state index in [4.69, 9.17) is 0 Å². The SMILES string of the molecule is CC1=CC=CCC=C1P. The van der Waals surface area contributed by atoms with Crippen LogP contribution in [0.1, 0.15) is 13.3 Å². The minimum absolute atomic E-state index is 1.06. The molecule has 1 heteroatoms. The van der Waals surface area contributed by atoms with E-state index in [1.54, 1.807) is 0 Å². The summed E-state index contributed by atoms with van der Waals surface area (Å²) >= 11 is 0. The molecule has 0 heterocycles. The summed E-state index contributed by atoms with van der Waals surface area (Å²) in [5.74, 6) is 0. The summed E-state index contributed by atoms with van der Waals surface area (Å²) in [5, 5.41) is 1.32. The molecule has 0 bridgehead atoms. The second kappa shape index (κ2) is 2.98. The summed E-state index contributed by atoms with van der Waals surface area (Å²) in [6.45, 7) is 2.12. The quantitative estimate of drug-likeness (QED) is 0.451. The van der Waals surface area contributed by atoms with Gasteiger partial charge in [0.05, 0.1) is 0 Å². The molecule has 1 aliphatic rings. The highest BCUT2D eigenvalue weighted by Gasteiger charge is 1.91. The molecule has 0 aromatic carbocycles. The van der Waals surface area contributed by atoms with E-state index in [1.165, 1.54) is 10.9 Å². The van der Waals surface area contributed by atoms with Crippen LogP contribution in [0.2, 0.25) is 0 Å². The zero-order valence-electron chi connectivity index (χ0n) is 5.59. The van der Waals surface area contributed by atoms with Gasteiger partial charge in [-0.3, -0.25) is 0 Å². The lowest BCUT2D eigenvalue weighted by Crippen LogP contribution is -1.70. The monoisotopic (exact) mass is 138 g/mol. The second-order valence-corrected chi connectivity index (χ2v) is 2.80. The van der Waals surface area contributed by atoms with Crippen molar-refractivity contribution in [2.75, 3.05) is 0 Å². The van der Waals surface area contributed by atoms with Crippen molar-refractivity contribution in [2.24, 2.45) is 0 Å². The lowest BCUT2D eigenvalue weighted by atomic mass is 10.3. The molecular formula is C8H11P. The number of hydrogen-bond donors (Lipinski definition) is 0. The molecule has 1 unspecified atom stereocenters. The molecule has 0 saturated heterocycles. The second-order valence-electron chi connectivity index (χ2n) is 2.17. The molecule has 0 saturated carbocycles. The van der Waals surface area contributed by atoms with Crippen LogP contribution in [0.3, 0.4) is 0 Å². The van der Waals surface area contributed by atoms with Gasteiger partial charge in [-0.1, -0.05) is 24.3 Å². The zero-order valence-corrected chi connectivity index (χ0v) is 6.75. The molecule has 1 atom stereocenters. The summed E-state index contributed by atoms with van der Waals surface area (Å²) in [6.07, 6.45) is 9.65. The fraction of sp³-hybridized carbons (Fsp3) is 0.250. The van der Waals surface area contributed by atoms with Crippen molar-refractivity contribution in [3.63, 3.8) is 0 Å². The van der Waals surface area contributed by atoms with Gasteiger partial charge in [-0.25, -0.2) is 0 Å². The van der Waals surface area contributed by atoms with E-state index in [2.05, 4.69) is 40.5 Å². The number of hydrogen-bond acceptors (Lipinski definition) is 0. The first-order chi connectivity index (χ1) is 4.30. The third kappa shape index (κ3) is 1.80. The molecule has 0 aliphatic heterocycles. The van der Waals surface area contributed by atoms with Crippen LogP contribution >= 0.6 is 9.24 Å². The van der Waals surface area contributed by atoms with E-state index < -0.39 is 0 Å². The Morgan fingerprint density at radius 2 is 2.33 bits per heavy atom. The average Bonchev–Trinajstić information content (AvgIpc) is 1.99. The summed E-state index contributed by atoms with van der Waals surface area (Å²) in [4.78, 5) is 0. The Kier molecular flexibility index (Phi) is 2.24. The summed E-state index contributed by atoms with van der Waals surface area (Å²) in [6, 6.07) is 0. The van der Waals surface area contributed by atoms with Crippen molar-refractivity contribution in [3.05, 3.63) is 35.2 Å². The van der Waals surface area contributed by atoms with Gasteiger partial charge >= 0.3 is 0 Å². The molecule has 48 valence electrons. The molecule has 0 nitrogen and oxygen atoms in total. The maximum atomic E-state index is 2.73. The van der Waals surface area contributed by atoms with Gasteiger partial charge < -0.3 is 0 Å². The van der Waals surface area contributed by atoms with Gasteiger partial charge in [0.1, 0.15) is 0 Å². The normalized spacial score (nSPS) is 18.4. The highest BCUT2D eigenvalue weighted by molar-refractivity contribution is 7.23. The van der Waals surface area contributed by atoms with Crippen LogP contribution < -0.4 is 0 Å². The Morgan fingerprint density at radius 1 is 1.56 bits per heavy atom. The van der Waals surface area contributed by atoms with Gasteiger partial charge in [-0.2, -0.15) is 0 Å². The lowest BCUT2D eigenvalue weighted by Gasteiger charge is -1.94. The predicted molar refractivity (Wildman–Crippen MR) is 45.3 cm³/mol. The van der Waals surface area contributed by atoms with Crippen LogP contribution in [-0.2, 0) is 0 Å². The van der Waals surface area contributed by atoms with Crippen LogP contribution in [0, 0.1) is 0 Å². The van der Waals surface area contributed by atoms with Gasteiger partial charge in [0.2, 0.25) is 0 Å². The van der Waals surface area contributed by atoms with Crippen molar-refractivity contribution in [3.8, 4) is 0 Å². The Morgan fingerprint density at radius 3 is 3.11 bits per heavy atom. The topological polar surface area (TPSA) is 0 Å². The van der Waals surface area contributed by atoms with Crippen LogP contribution in [0.5, 0.6) is 0 Å². The minimum Gasteiger partial charge on any atom is -0.106 e. The fourth-order valence-corrected chi connectivity index (χ4v) is 0.975. The number of rotatable bonds is 0. The first kappa shape index (κ1) is 6.77. The van der Waals surface area contributed by atoms with Crippen molar-refractivity contribution in [2.45, 2.75) is 13.3 Å². The van der Waals surface area contributed by atoms with Gasteiger partial charge in [0.15, 0.2) is 0 Å². The predicted octanol–water partition coefficient (Wildman–Crippen LogP) is 2.65. The highest BCUT2D eigenvalue weighted by atomic mass is 31.0. The minimum atomic E-state index is 1.06. The smallest absolute Gasteiger partial charge is 0.0157 e. The van der Waals surface area contributed by atoms with Crippen molar-refractivity contribution in [1.82, 2.24) is 0 Å². The van der Waals surface area contributed by atoms with Gasteiger partial charge in [-0.15, -0.1) is 9.24 Å². The first-order valence-corrected chi connectivity index (χ1v) is 3.68. The third-order valence-corrected chi connectivity index (χ3v) is 2.10. The van der Waals surface area contributed by atoms with Crippen molar-refractivity contribution in [1.29, 1.82) is 0 Å². The first-order valence-electron chi connectivity index (χ1n) is 3.10. The van der Waals surface area contributed by atoms with E-state index >= 15 is 0 Å². The average molecular weight is 138 g/mol. The standard InChI is InChI=1S/C8H11P/c1-7-5-3-2-4-6-8(7)9/h2-3,5-6H,4,9H2,1H3. The number of allylic oxidation sites excluding steroid dienone is 6. The van der Waals surface area contributed by atoms with Gasteiger partial charge in [0, 0.05) is 0 Å². The van der Waals surface area contributed by atoms with E-state index in [1.807, 2.05) is 0 Å². The summed E-state index contributed by atoms with van der Waals surface area (Å²) in [5.41, 5.74) is 1.34. The van der Waals surface area contributed by atoms with Gasteiger partial charge in [0.25, 0.3) is 0 Å². The maximum Gasteiger partial charge on any atom is -0.0157 e. The summed E-state index contributed by atoms with van der Waals surface area (Å²) in [7, 11) is 2.73. The fourth-order valence-electron chi connectivity index (χ4n) is 0.743. The van der Waals surface area contributed by atoms with E-state index in [0.29, 0.717) is 0 Å². The molecule has 1 aliphatic carbocycles. The zero-order chi connectivity index (χ0) is 6.69. The van der Waals surface area contributed by atoms with Crippen LogP contribution in [0.25, 0.3) is 0 Å². The molecule has 0 fully saturated rings. The lowest BCUT2D eigenvalue weighted by molar-refractivity contribution is 1.38. The molecule has 0 radical (unpaired) electrons. The molecule has 0 spiro atoms. The molecule has 0 aromatic heterocycles. The Bertz CT molecular complexity index is 185. The maximum absolute atomic E-state index is 2.73. The third-order valence-electron chi connectivity index (χ3n) is 1.41. The van der Waals surface area contributed by atoms with Crippen LogP contribution in [0.15, 0.2) is 35.2 Å². The Hall–Kier alpha value is -0.350. The summed E-state index contributed by atoms with van der Waals surface area (Å²) < 4.78 is 0. The molecule has 0 N–H and O–H groups in total. The van der Waals surface area contributed by atoms with Crippen LogP contribution in [0.4, 0.5) is 0 Å². The Labute approximate surface area is 58.5 Å². The van der Waals surface area contributed by atoms with Crippen molar-refractivity contribution < 1.29 is 0 Å². The van der Waals surface area contributed by atoms with E-state index in [9.17, 15) is 0 Å². The van der Waals surface area contributed by atoms with E-state index in [-0.39, 0.29) is 0 Å². The van der Waals surface area contributed by atoms with Crippen LogP contribution in [-0.4, -0.2) is 0 Å². The molecule has 9 heavy (non-hydrogen) atoms. The molecule has 0 amide bonds. The van der Waals surface area contributed by atoms with E-state index in [0.717, 1.165) is 6.42 Å². The Balaban J connectivity index is 2.85.